The average molecular weight is 674 g/mol. The zero-order valence-electron chi connectivity index (χ0n) is 30.4. The van der Waals surface area contributed by atoms with Crippen molar-refractivity contribution in [2.45, 2.75) is 77.2 Å². The van der Waals surface area contributed by atoms with E-state index in [1.54, 1.807) is 0 Å². The average Bonchev–Trinajstić information content (AvgIpc) is 3.70. The maximum atomic E-state index is 7.72. The van der Waals surface area contributed by atoms with Crippen molar-refractivity contribution in [2.24, 2.45) is 10.8 Å². The highest BCUT2D eigenvalue weighted by molar-refractivity contribution is 6.09. The molecule has 3 heterocycles. The zero-order chi connectivity index (χ0) is 34.6. The van der Waals surface area contributed by atoms with Gasteiger partial charge in [-0.3, -0.25) is 0 Å². The van der Waals surface area contributed by atoms with Gasteiger partial charge < -0.3 is 19.1 Å². The van der Waals surface area contributed by atoms with E-state index >= 15 is 0 Å². The molecule has 10 rings (SSSR count). The summed E-state index contributed by atoms with van der Waals surface area (Å²) in [7, 11) is 0. The molecule has 4 heteroatoms. The van der Waals surface area contributed by atoms with E-state index in [-0.39, 0.29) is 23.0 Å². The largest absolute Gasteiger partial charge is 0.472 e. The van der Waals surface area contributed by atoms with Crippen LogP contribution in [0.5, 0.6) is 17.2 Å². The number of piperidine rings is 1. The standard InChI is InChI=1S/C47H47NO3/c1-44(2)27-45(3,4)29-46(28-44)38-16-10-9-15-34(38)41-36-25-39-40(50-30-49-39)26-37(36)43-35(42(41)46)21-22-47(51-43,31-13-7-5-8-14-31)32-17-19-33(20-18-32)48-23-11-6-12-24-48/h5,7-10,13-22,25-26H,6,11-12,23-24,27-30H2,1-4H3. The number of nitrogens with zero attached hydrogens (tertiary/aromatic N) is 1. The van der Waals surface area contributed by atoms with Crippen molar-refractivity contribution in [3.05, 3.63) is 125 Å². The molecule has 2 aliphatic carbocycles. The topological polar surface area (TPSA) is 30.9 Å². The molecule has 1 unspecified atom stereocenters. The van der Waals surface area contributed by atoms with Crippen molar-refractivity contribution in [2.75, 3.05) is 24.8 Å². The first kappa shape index (κ1) is 31.1. The molecular weight excluding hydrogens is 627 g/mol. The van der Waals surface area contributed by atoms with Crippen molar-refractivity contribution >= 4 is 22.5 Å². The molecule has 0 N–H and O–H groups in total. The molecule has 0 bridgehead atoms. The second-order valence-corrected chi connectivity index (χ2v) is 17.4. The molecule has 5 aliphatic rings. The Labute approximate surface area is 302 Å². The van der Waals surface area contributed by atoms with E-state index in [0.29, 0.717) is 0 Å². The van der Waals surface area contributed by atoms with Gasteiger partial charge in [-0.2, -0.15) is 0 Å². The smallest absolute Gasteiger partial charge is 0.231 e. The van der Waals surface area contributed by atoms with Gasteiger partial charge in [0.05, 0.1) is 0 Å². The number of hydrogen-bond acceptors (Lipinski definition) is 4. The Hall–Kier alpha value is -4.70. The molecule has 4 nitrogen and oxygen atoms in total. The molecule has 1 saturated carbocycles. The van der Waals surface area contributed by atoms with Crippen LogP contribution < -0.4 is 19.1 Å². The summed E-state index contributed by atoms with van der Waals surface area (Å²) < 4.78 is 19.8. The third-order valence-corrected chi connectivity index (χ3v) is 12.5. The SMILES string of the molecule is CC1(C)CC(C)(C)CC2(C1)c1ccccc1-c1c2c2c(c3cc4c(cc13)OCO4)OC(c1ccccc1)(c1ccc(N3CCCCC3)cc1)C=C2. The van der Waals surface area contributed by atoms with Gasteiger partial charge in [-0.1, -0.05) is 101 Å². The molecule has 3 aliphatic heterocycles. The molecule has 0 radical (unpaired) electrons. The van der Waals surface area contributed by atoms with Crippen LogP contribution in [0.1, 0.15) is 94.0 Å². The summed E-state index contributed by atoms with van der Waals surface area (Å²) in [4.78, 5) is 2.53. The van der Waals surface area contributed by atoms with E-state index in [2.05, 4.69) is 136 Å². The third-order valence-electron chi connectivity index (χ3n) is 12.5. The van der Waals surface area contributed by atoms with E-state index in [4.69, 9.17) is 14.2 Å². The van der Waals surface area contributed by atoms with Crippen molar-refractivity contribution < 1.29 is 14.2 Å². The molecule has 258 valence electrons. The van der Waals surface area contributed by atoms with Crippen LogP contribution in [-0.2, 0) is 11.0 Å². The Morgan fingerprint density at radius 1 is 0.647 bits per heavy atom. The van der Waals surface area contributed by atoms with Crippen LogP contribution in [-0.4, -0.2) is 19.9 Å². The molecule has 1 spiro atoms. The molecule has 1 saturated heterocycles. The summed E-state index contributed by atoms with van der Waals surface area (Å²) in [6.45, 7) is 12.4. The zero-order valence-corrected chi connectivity index (χ0v) is 30.4. The number of fused-ring (bicyclic) bond motifs is 11. The number of rotatable bonds is 3. The van der Waals surface area contributed by atoms with E-state index in [1.165, 1.54) is 64.6 Å². The van der Waals surface area contributed by atoms with Gasteiger partial charge in [-0.25, -0.2) is 0 Å². The van der Waals surface area contributed by atoms with Crippen LogP contribution in [0.3, 0.4) is 0 Å². The lowest BCUT2D eigenvalue weighted by Gasteiger charge is -2.52. The number of anilines is 1. The lowest BCUT2D eigenvalue weighted by Crippen LogP contribution is -2.44. The molecule has 0 amide bonds. The van der Waals surface area contributed by atoms with Crippen LogP contribution in [0.4, 0.5) is 5.69 Å². The Balaban J connectivity index is 1.25. The summed E-state index contributed by atoms with van der Waals surface area (Å²) in [6, 6.07) is 33.6. The van der Waals surface area contributed by atoms with Gasteiger partial charge in [0, 0.05) is 46.3 Å². The van der Waals surface area contributed by atoms with Crippen molar-refractivity contribution in [1.29, 1.82) is 0 Å². The molecule has 51 heavy (non-hydrogen) atoms. The predicted octanol–water partition coefficient (Wildman–Crippen LogP) is 11.4. The molecule has 2 fully saturated rings. The Bertz CT molecular complexity index is 2210. The van der Waals surface area contributed by atoms with Crippen LogP contribution in [0, 0.1) is 10.8 Å². The highest BCUT2D eigenvalue weighted by atomic mass is 16.7. The minimum Gasteiger partial charge on any atom is -0.472 e. The molecular formula is C47H47NO3. The van der Waals surface area contributed by atoms with Gasteiger partial charge in [-0.05, 0) is 107 Å². The summed E-state index contributed by atoms with van der Waals surface area (Å²) in [6.07, 6.45) is 12.0. The highest BCUT2D eigenvalue weighted by Gasteiger charge is 2.55. The first-order valence-electron chi connectivity index (χ1n) is 19.0. The minimum absolute atomic E-state index is 0.150. The van der Waals surface area contributed by atoms with Gasteiger partial charge in [0.1, 0.15) is 5.75 Å². The summed E-state index contributed by atoms with van der Waals surface area (Å²) in [5, 5.41) is 2.25. The number of ether oxygens (including phenoxy) is 3. The van der Waals surface area contributed by atoms with Gasteiger partial charge in [0.25, 0.3) is 0 Å². The van der Waals surface area contributed by atoms with E-state index in [0.717, 1.165) is 59.7 Å². The fourth-order valence-corrected chi connectivity index (χ4v) is 11.3. The van der Waals surface area contributed by atoms with Crippen LogP contribution in [0.15, 0.2) is 97.1 Å². The van der Waals surface area contributed by atoms with E-state index in [1.807, 2.05) is 0 Å². The molecule has 0 aromatic heterocycles. The van der Waals surface area contributed by atoms with E-state index < -0.39 is 5.60 Å². The Morgan fingerprint density at radius 2 is 1.29 bits per heavy atom. The molecule has 5 aromatic rings. The van der Waals surface area contributed by atoms with Crippen LogP contribution in [0.25, 0.3) is 28.0 Å². The van der Waals surface area contributed by atoms with E-state index in [9.17, 15) is 0 Å². The first-order valence-corrected chi connectivity index (χ1v) is 19.0. The summed E-state index contributed by atoms with van der Waals surface area (Å²) in [5.41, 5.74) is 9.66. The first-order chi connectivity index (χ1) is 24.7. The second kappa shape index (κ2) is 10.9. The summed E-state index contributed by atoms with van der Waals surface area (Å²) in [5.74, 6) is 2.52. The van der Waals surface area contributed by atoms with Crippen LogP contribution in [0.2, 0.25) is 0 Å². The predicted molar refractivity (Wildman–Crippen MR) is 207 cm³/mol. The summed E-state index contributed by atoms with van der Waals surface area (Å²) >= 11 is 0. The van der Waals surface area contributed by atoms with Crippen molar-refractivity contribution in [3.8, 4) is 28.4 Å². The van der Waals surface area contributed by atoms with Gasteiger partial charge in [0.2, 0.25) is 6.79 Å². The number of benzene rings is 5. The fraction of sp³-hybridized carbons (Fsp3) is 0.362. The maximum Gasteiger partial charge on any atom is 0.231 e. The maximum absolute atomic E-state index is 7.72. The number of hydrogen-bond donors (Lipinski definition) is 0. The van der Waals surface area contributed by atoms with Gasteiger partial charge in [-0.15, -0.1) is 0 Å². The highest BCUT2D eigenvalue weighted by Crippen LogP contribution is 2.67. The van der Waals surface area contributed by atoms with Gasteiger partial charge in [0.15, 0.2) is 17.1 Å². The normalized spacial score (nSPS) is 23.1. The lowest BCUT2D eigenvalue weighted by atomic mass is 9.52. The monoisotopic (exact) mass is 673 g/mol. The second-order valence-electron chi connectivity index (χ2n) is 17.4. The van der Waals surface area contributed by atoms with Crippen molar-refractivity contribution in [1.82, 2.24) is 0 Å². The molecule has 5 aromatic carbocycles. The molecule has 1 atom stereocenters. The lowest BCUT2D eigenvalue weighted by molar-refractivity contribution is 0.0642. The van der Waals surface area contributed by atoms with Gasteiger partial charge >= 0.3 is 0 Å². The third kappa shape index (κ3) is 4.64. The Morgan fingerprint density at radius 3 is 2.02 bits per heavy atom. The Kier molecular flexibility index (Phi) is 6.64. The quantitative estimate of drug-likeness (QED) is 0.191. The fourth-order valence-electron chi connectivity index (χ4n) is 11.3. The van der Waals surface area contributed by atoms with Crippen LogP contribution >= 0.6 is 0 Å². The van der Waals surface area contributed by atoms with Crippen molar-refractivity contribution in [3.63, 3.8) is 0 Å². The minimum atomic E-state index is -0.810.